The zero-order valence-corrected chi connectivity index (χ0v) is 9.25. The maximum absolute atomic E-state index is 8.39. The second-order valence-corrected chi connectivity index (χ2v) is 3.89. The van der Waals surface area contributed by atoms with E-state index in [2.05, 4.69) is 25.0 Å². The van der Waals surface area contributed by atoms with Gasteiger partial charge in [-0.05, 0) is 12.3 Å². The van der Waals surface area contributed by atoms with E-state index in [0.29, 0.717) is 17.5 Å². The van der Waals surface area contributed by atoms with Crippen molar-refractivity contribution in [3.05, 3.63) is 16.9 Å². The topological polar surface area (TPSA) is 41.6 Å². The second kappa shape index (κ2) is 5.02. The molecule has 1 heterocycles. The summed E-state index contributed by atoms with van der Waals surface area (Å²) < 4.78 is 1.76. The molecule has 3 nitrogen and oxygen atoms in total. The van der Waals surface area contributed by atoms with E-state index < -0.39 is 0 Å². The largest absolute Gasteiger partial charge is 0.254 e. The molecule has 76 valence electrons. The summed E-state index contributed by atoms with van der Waals surface area (Å²) in [6.07, 6.45) is 3.15. The highest BCUT2D eigenvalue weighted by atomic mass is 35.5. The lowest BCUT2D eigenvalue weighted by Crippen LogP contribution is -2.00. The fraction of sp³-hybridized carbons (Fsp3) is 0.600. The van der Waals surface area contributed by atoms with Crippen molar-refractivity contribution in [1.82, 2.24) is 9.78 Å². The molecule has 0 spiro atoms. The molecule has 0 aromatic carbocycles. The zero-order chi connectivity index (χ0) is 10.6. The molecule has 0 fully saturated rings. The predicted octanol–water partition coefficient (Wildman–Crippen LogP) is 2.96. The summed E-state index contributed by atoms with van der Waals surface area (Å²) in [6, 6.07) is 2.10. The smallest absolute Gasteiger partial charge is 0.130 e. The van der Waals surface area contributed by atoms with Gasteiger partial charge in [-0.2, -0.15) is 10.4 Å². The van der Waals surface area contributed by atoms with Crippen molar-refractivity contribution in [3.63, 3.8) is 0 Å². The molecule has 0 saturated carbocycles. The molecule has 4 heteroatoms. The number of hydrogen-bond acceptors (Lipinski definition) is 2. The lowest BCUT2D eigenvalue weighted by molar-refractivity contribution is 0.586. The van der Waals surface area contributed by atoms with Crippen molar-refractivity contribution in [3.8, 4) is 6.07 Å². The summed E-state index contributed by atoms with van der Waals surface area (Å²) >= 11 is 6.12. The average molecular weight is 212 g/mol. The van der Waals surface area contributed by atoms with Gasteiger partial charge >= 0.3 is 0 Å². The number of rotatable bonds is 4. The van der Waals surface area contributed by atoms with Crippen molar-refractivity contribution < 1.29 is 0 Å². The first-order valence-corrected chi connectivity index (χ1v) is 5.12. The number of nitriles is 1. The van der Waals surface area contributed by atoms with Gasteiger partial charge in [0.1, 0.15) is 5.15 Å². The van der Waals surface area contributed by atoms with Crippen molar-refractivity contribution in [2.75, 3.05) is 0 Å². The van der Waals surface area contributed by atoms with Crippen LogP contribution in [-0.4, -0.2) is 9.78 Å². The minimum absolute atomic E-state index is 0.396. The molecule has 0 bridgehead atoms. The van der Waals surface area contributed by atoms with Gasteiger partial charge in [-0.3, -0.25) is 4.68 Å². The van der Waals surface area contributed by atoms with Crippen LogP contribution in [0.25, 0.3) is 0 Å². The standard InChI is InChI=1S/C10H14ClN3/c1-8(2)9-7-13-14(10(9)11)6-4-3-5-12/h7-8H,3-4,6H2,1-2H3. The van der Waals surface area contributed by atoms with E-state index in [1.807, 2.05) is 0 Å². The molecular weight excluding hydrogens is 198 g/mol. The highest BCUT2D eigenvalue weighted by Gasteiger charge is 2.10. The Labute approximate surface area is 89.3 Å². The van der Waals surface area contributed by atoms with Crippen LogP contribution < -0.4 is 0 Å². The van der Waals surface area contributed by atoms with Crippen LogP contribution in [0, 0.1) is 11.3 Å². The van der Waals surface area contributed by atoms with Gasteiger partial charge in [0, 0.05) is 18.5 Å². The van der Waals surface area contributed by atoms with E-state index >= 15 is 0 Å². The van der Waals surface area contributed by atoms with E-state index in [-0.39, 0.29) is 0 Å². The fourth-order valence-corrected chi connectivity index (χ4v) is 1.63. The summed E-state index contributed by atoms with van der Waals surface area (Å²) in [5, 5.41) is 13.3. The Bertz CT molecular complexity index is 336. The highest BCUT2D eigenvalue weighted by molar-refractivity contribution is 6.30. The third-order valence-electron chi connectivity index (χ3n) is 2.08. The SMILES string of the molecule is CC(C)c1cnn(CCCC#N)c1Cl. The quantitative estimate of drug-likeness (QED) is 0.719. The third-order valence-corrected chi connectivity index (χ3v) is 2.49. The number of aryl methyl sites for hydroxylation is 1. The van der Waals surface area contributed by atoms with Gasteiger partial charge < -0.3 is 0 Å². The maximum Gasteiger partial charge on any atom is 0.130 e. The van der Waals surface area contributed by atoms with Crippen molar-refractivity contribution in [1.29, 1.82) is 5.26 Å². The molecule has 0 saturated heterocycles. The van der Waals surface area contributed by atoms with Gasteiger partial charge in [-0.1, -0.05) is 25.4 Å². The molecular formula is C10H14ClN3. The molecule has 1 rings (SSSR count). The molecule has 0 unspecified atom stereocenters. The van der Waals surface area contributed by atoms with E-state index in [4.69, 9.17) is 16.9 Å². The van der Waals surface area contributed by atoms with Crippen molar-refractivity contribution >= 4 is 11.6 Å². The summed E-state index contributed by atoms with van der Waals surface area (Å²) in [7, 11) is 0. The first kappa shape index (κ1) is 11.1. The van der Waals surface area contributed by atoms with Crippen LogP contribution >= 0.6 is 11.6 Å². The number of hydrogen-bond donors (Lipinski definition) is 0. The lowest BCUT2D eigenvalue weighted by atomic mass is 10.1. The first-order chi connectivity index (χ1) is 6.66. The van der Waals surface area contributed by atoms with Crippen LogP contribution in [0.5, 0.6) is 0 Å². The first-order valence-electron chi connectivity index (χ1n) is 4.75. The Balaban J connectivity index is 2.66. The number of aromatic nitrogens is 2. The Kier molecular flexibility index (Phi) is 3.97. The van der Waals surface area contributed by atoms with Gasteiger partial charge in [0.2, 0.25) is 0 Å². The Morgan fingerprint density at radius 2 is 2.36 bits per heavy atom. The van der Waals surface area contributed by atoms with E-state index in [9.17, 15) is 0 Å². The summed E-state index contributed by atoms with van der Waals surface area (Å²) in [4.78, 5) is 0. The number of unbranched alkanes of at least 4 members (excludes halogenated alkanes) is 1. The van der Waals surface area contributed by atoms with Crippen molar-refractivity contribution in [2.24, 2.45) is 0 Å². The van der Waals surface area contributed by atoms with Crippen LogP contribution in [0.15, 0.2) is 6.20 Å². The zero-order valence-electron chi connectivity index (χ0n) is 8.50. The molecule has 0 aliphatic rings. The molecule has 0 aliphatic heterocycles. The minimum Gasteiger partial charge on any atom is -0.254 e. The number of nitrogens with zero attached hydrogens (tertiary/aromatic N) is 3. The van der Waals surface area contributed by atoms with Crippen LogP contribution in [0.3, 0.4) is 0 Å². The van der Waals surface area contributed by atoms with E-state index in [1.165, 1.54) is 0 Å². The Hall–Kier alpha value is -1.01. The van der Waals surface area contributed by atoms with Crippen molar-refractivity contribution in [2.45, 2.75) is 39.2 Å². The second-order valence-electron chi connectivity index (χ2n) is 3.53. The minimum atomic E-state index is 0.396. The van der Waals surface area contributed by atoms with Crippen LogP contribution in [0.1, 0.15) is 38.2 Å². The van der Waals surface area contributed by atoms with Gasteiger partial charge in [0.15, 0.2) is 0 Å². The Morgan fingerprint density at radius 1 is 1.64 bits per heavy atom. The summed E-state index contributed by atoms with van der Waals surface area (Å²) in [5.74, 6) is 0.396. The van der Waals surface area contributed by atoms with Crippen LogP contribution in [0.2, 0.25) is 5.15 Å². The normalized spacial score (nSPS) is 10.5. The molecule has 0 N–H and O–H groups in total. The van der Waals surface area contributed by atoms with Gasteiger partial charge in [0.05, 0.1) is 12.3 Å². The molecule has 0 amide bonds. The molecule has 1 aromatic heterocycles. The fourth-order valence-electron chi connectivity index (χ4n) is 1.24. The molecule has 0 aliphatic carbocycles. The predicted molar refractivity (Wildman–Crippen MR) is 56.2 cm³/mol. The molecule has 0 radical (unpaired) electrons. The van der Waals surface area contributed by atoms with Gasteiger partial charge in [0.25, 0.3) is 0 Å². The van der Waals surface area contributed by atoms with Crippen LogP contribution in [0.4, 0.5) is 0 Å². The van der Waals surface area contributed by atoms with E-state index in [1.54, 1.807) is 10.9 Å². The molecule has 1 aromatic rings. The van der Waals surface area contributed by atoms with Crippen LogP contribution in [-0.2, 0) is 6.54 Å². The molecule has 0 atom stereocenters. The highest BCUT2D eigenvalue weighted by Crippen LogP contribution is 2.23. The van der Waals surface area contributed by atoms with Gasteiger partial charge in [-0.15, -0.1) is 0 Å². The van der Waals surface area contributed by atoms with E-state index in [0.717, 1.165) is 18.5 Å². The Morgan fingerprint density at radius 3 is 2.86 bits per heavy atom. The summed E-state index contributed by atoms with van der Waals surface area (Å²) in [6.45, 7) is 4.89. The monoisotopic (exact) mass is 211 g/mol. The lowest BCUT2D eigenvalue weighted by Gasteiger charge is -2.03. The maximum atomic E-state index is 8.39. The number of halogens is 1. The average Bonchev–Trinajstić information content (AvgIpc) is 2.48. The van der Waals surface area contributed by atoms with Gasteiger partial charge in [-0.25, -0.2) is 0 Å². The molecule has 14 heavy (non-hydrogen) atoms. The summed E-state index contributed by atoms with van der Waals surface area (Å²) in [5.41, 5.74) is 1.07. The third kappa shape index (κ3) is 2.49.